The van der Waals surface area contributed by atoms with Gasteiger partial charge in [0.15, 0.2) is 0 Å². The van der Waals surface area contributed by atoms with Crippen molar-refractivity contribution in [3.05, 3.63) is 53.6 Å². The van der Waals surface area contributed by atoms with Crippen LogP contribution in [-0.4, -0.2) is 31.9 Å². The molecule has 2 aromatic rings. The summed E-state index contributed by atoms with van der Waals surface area (Å²) in [6.45, 7) is 7.82. The molecule has 0 aliphatic rings. The van der Waals surface area contributed by atoms with Gasteiger partial charge in [-0.25, -0.2) is 0 Å². The normalized spacial score (nSPS) is 10.7. The highest BCUT2D eigenvalue weighted by Crippen LogP contribution is 2.22. The summed E-state index contributed by atoms with van der Waals surface area (Å²) in [5, 5.41) is 2.74. The molecule has 0 aromatic heterocycles. The van der Waals surface area contributed by atoms with E-state index < -0.39 is 11.7 Å². The molecule has 2 rings (SSSR count). The predicted octanol–water partition coefficient (Wildman–Crippen LogP) is 7.57. The molecule has 0 spiro atoms. The van der Waals surface area contributed by atoms with Crippen molar-refractivity contribution in [2.45, 2.75) is 85.0 Å². The SMILES string of the molecule is CCCCCCCCCCCCOc1ccc(C(=O)C(=O)Nc2ccc(N(C)CC)cc2C)cc1. The Labute approximate surface area is 212 Å². The minimum Gasteiger partial charge on any atom is -0.494 e. The average molecular weight is 481 g/mol. The van der Waals surface area contributed by atoms with Crippen molar-refractivity contribution in [1.29, 1.82) is 0 Å². The van der Waals surface area contributed by atoms with E-state index in [9.17, 15) is 9.59 Å². The number of ether oxygens (including phenoxy) is 1. The van der Waals surface area contributed by atoms with Crippen LogP contribution in [-0.2, 0) is 4.79 Å². The Morgan fingerprint density at radius 2 is 1.43 bits per heavy atom. The van der Waals surface area contributed by atoms with E-state index in [4.69, 9.17) is 4.74 Å². The molecular weight excluding hydrogens is 436 g/mol. The third-order valence-electron chi connectivity index (χ3n) is 6.46. The van der Waals surface area contributed by atoms with Crippen molar-refractivity contribution < 1.29 is 14.3 Å². The van der Waals surface area contributed by atoms with Crippen LogP contribution in [0, 0.1) is 6.92 Å². The first-order valence-electron chi connectivity index (χ1n) is 13.4. The number of nitrogens with one attached hydrogen (secondary N) is 1. The molecule has 0 saturated heterocycles. The molecule has 2 aromatic carbocycles. The van der Waals surface area contributed by atoms with E-state index in [1.807, 2.05) is 32.2 Å². The third-order valence-corrected chi connectivity index (χ3v) is 6.46. The predicted molar refractivity (Wildman–Crippen MR) is 147 cm³/mol. The fourth-order valence-electron chi connectivity index (χ4n) is 4.00. The number of ketones is 1. The second-order valence-corrected chi connectivity index (χ2v) is 9.35. The Morgan fingerprint density at radius 3 is 2.00 bits per heavy atom. The molecule has 0 saturated carbocycles. The molecule has 0 heterocycles. The van der Waals surface area contributed by atoms with E-state index in [-0.39, 0.29) is 0 Å². The van der Waals surface area contributed by atoms with Gasteiger partial charge in [0, 0.05) is 30.5 Å². The maximum atomic E-state index is 12.6. The van der Waals surface area contributed by atoms with E-state index in [1.165, 1.54) is 57.8 Å². The summed E-state index contributed by atoms with van der Waals surface area (Å²) in [5.74, 6) is -0.464. The van der Waals surface area contributed by atoms with Crippen LogP contribution in [0.5, 0.6) is 5.75 Å². The van der Waals surface area contributed by atoms with E-state index in [2.05, 4.69) is 24.1 Å². The number of nitrogens with zero attached hydrogens (tertiary/aromatic N) is 1. The van der Waals surface area contributed by atoms with Crippen LogP contribution >= 0.6 is 0 Å². The lowest BCUT2D eigenvalue weighted by atomic mass is 10.1. The number of Topliss-reactive ketones (excluding diaryl/α,β-unsaturated/α-hetero) is 1. The number of carbonyl (C=O) groups is 2. The fraction of sp³-hybridized carbons (Fsp3) is 0.533. The molecule has 0 radical (unpaired) electrons. The molecule has 5 nitrogen and oxygen atoms in total. The smallest absolute Gasteiger partial charge is 0.296 e. The highest BCUT2D eigenvalue weighted by molar-refractivity contribution is 6.46. The molecule has 0 aliphatic carbocycles. The lowest BCUT2D eigenvalue weighted by molar-refractivity contribution is -0.112. The molecule has 1 N–H and O–H groups in total. The molecule has 0 aliphatic heterocycles. The standard InChI is InChI=1S/C30H44N2O3/c1-5-7-8-9-10-11-12-13-14-15-22-35-27-19-16-25(17-20-27)29(33)30(34)31-28-21-18-26(23-24(28)3)32(4)6-2/h16-21,23H,5-15,22H2,1-4H3,(H,31,34). The number of carbonyl (C=O) groups excluding carboxylic acids is 2. The lowest BCUT2D eigenvalue weighted by Gasteiger charge is -2.18. The van der Waals surface area contributed by atoms with Crippen LogP contribution in [0.25, 0.3) is 0 Å². The summed E-state index contributed by atoms with van der Waals surface area (Å²) in [4.78, 5) is 27.2. The highest BCUT2D eigenvalue weighted by Gasteiger charge is 2.17. The zero-order valence-electron chi connectivity index (χ0n) is 22.2. The van der Waals surface area contributed by atoms with Crippen molar-refractivity contribution in [3.8, 4) is 5.75 Å². The Kier molecular flexibility index (Phi) is 13.0. The van der Waals surface area contributed by atoms with E-state index in [1.54, 1.807) is 24.3 Å². The summed E-state index contributed by atoms with van der Waals surface area (Å²) in [6.07, 6.45) is 12.9. The number of rotatable bonds is 17. The fourth-order valence-corrected chi connectivity index (χ4v) is 4.00. The Bertz CT molecular complexity index is 908. The second kappa shape index (κ2) is 16.0. The number of aryl methyl sites for hydroxylation is 1. The highest BCUT2D eigenvalue weighted by atomic mass is 16.5. The molecule has 1 amide bonds. The number of hydrogen-bond donors (Lipinski definition) is 1. The van der Waals surface area contributed by atoms with Gasteiger partial charge in [0.05, 0.1) is 6.61 Å². The number of anilines is 2. The van der Waals surface area contributed by atoms with Gasteiger partial charge >= 0.3 is 0 Å². The molecular formula is C30H44N2O3. The lowest BCUT2D eigenvalue weighted by Crippen LogP contribution is -2.23. The zero-order valence-corrected chi connectivity index (χ0v) is 22.2. The van der Waals surface area contributed by atoms with Gasteiger partial charge in [-0.1, -0.05) is 64.7 Å². The van der Waals surface area contributed by atoms with Crippen molar-refractivity contribution in [1.82, 2.24) is 0 Å². The minimum atomic E-state index is -0.635. The van der Waals surface area contributed by atoms with Crippen molar-refractivity contribution in [3.63, 3.8) is 0 Å². The maximum Gasteiger partial charge on any atom is 0.296 e. The average Bonchev–Trinajstić information content (AvgIpc) is 2.87. The van der Waals surface area contributed by atoms with Gasteiger partial charge in [0.2, 0.25) is 0 Å². The monoisotopic (exact) mass is 480 g/mol. The minimum absolute atomic E-state index is 0.355. The van der Waals surface area contributed by atoms with Gasteiger partial charge < -0.3 is 15.0 Å². The van der Waals surface area contributed by atoms with Crippen molar-refractivity contribution in [2.24, 2.45) is 0 Å². The number of hydrogen-bond acceptors (Lipinski definition) is 4. The van der Waals surface area contributed by atoms with E-state index in [0.29, 0.717) is 17.9 Å². The topological polar surface area (TPSA) is 58.6 Å². The second-order valence-electron chi connectivity index (χ2n) is 9.35. The van der Waals surface area contributed by atoms with E-state index >= 15 is 0 Å². The van der Waals surface area contributed by atoms with Crippen LogP contribution in [0.1, 0.15) is 94.0 Å². The largest absolute Gasteiger partial charge is 0.494 e. The number of unbranched alkanes of at least 4 members (excludes halogenated alkanes) is 9. The summed E-state index contributed by atoms with van der Waals surface area (Å²) < 4.78 is 5.81. The number of benzene rings is 2. The van der Waals surface area contributed by atoms with Gasteiger partial charge in [0.1, 0.15) is 5.75 Å². The zero-order chi connectivity index (χ0) is 25.5. The Hall–Kier alpha value is -2.82. The van der Waals surface area contributed by atoms with Gasteiger partial charge in [-0.3, -0.25) is 9.59 Å². The molecule has 0 atom stereocenters. The first kappa shape index (κ1) is 28.4. The van der Waals surface area contributed by atoms with Crippen molar-refractivity contribution in [2.75, 3.05) is 30.4 Å². The molecule has 35 heavy (non-hydrogen) atoms. The van der Waals surface area contributed by atoms with Crippen LogP contribution in [0.4, 0.5) is 11.4 Å². The molecule has 5 heteroatoms. The van der Waals surface area contributed by atoms with Crippen LogP contribution in [0.2, 0.25) is 0 Å². The third kappa shape index (κ3) is 10.1. The van der Waals surface area contributed by atoms with Gasteiger partial charge in [0.25, 0.3) is 11.7 Å². The number of amides is 1. The Balaban J connectivity index is 1.70. The molecule has 0 unspecified atom stereocenters. The maximum absolute atomic E-state index is 12.6. The summed E-state index contributed by atoms with van der Waals surface area (Å²) in [7, 11) is 2.02. The van der Waals surface area contributed by atoms with Crippen LogP contribution in [0.15, 0.2) is 42.5 Å². The van der Waals surface area contributed by atoms with Crippen molar-refractivity contribution >= 4 is 23.1 Å². The Morgan fingerprint density at radius 1 is 0.829 bits per heavy atom. The molecule has 0 fully saturated rings. The summed E-state index contributed by atoms with van der Waals surface area (Å²) in [5.41, 5.74) is 2.99. The first-order valence-corrected chi connectivity index (χ1v) is 13.4. The van der Waals surface area contributed by atoms with Crippen LogP contribution in [0.3, 0.4) is 0 Å². The molecule has 192 valence electrons. The first-order chi connectivity index (χ1) is 17.0. The summed E-state index contributed by atoms with van der Waals surface area (Å²) in [6, 6.07) is 12.6. The quantitative estimate of drug-likeness (QED) is 0.144. The molecule has 0 bridgehead atoms. The van der Waals surface area contributed by atoms with Gasteiger partial charge in [-0.2, -0.15) is 0 Å². The van der Waals surface area contributed by atoms with Gasteiger partial charge in [-0.05, 0) is 68.3 Å². The van der Waals surface area contributed by atoms with E-state index in [0.717, 1.165) is 30.0 Å². The summed E-state index contributed by atoms with van der Waals surface area (Å²) >= 11 is 0. The van der Waals surface area contributed by atoms with Crippen LogP contribution < -0.4 is 15.0 Å². The van der Waals surface area contributed by atoms with Gasteiger partial charge in [-0.15, -0.1) is 0 Å².